The molecule has 2 N–H and O–H groups in total. The Hall–Kier alpha value is 0.170. The number of nitrogens with zero attached hydrogens (tertiary/aromatic N) is 1. The first kappa shape index (κ1) is 11.6. The molecule has 0 fully saturated rings. The Bertz CT molecular complexity index is 513. The monoisotopic (exact) mass is 490 g/mol. The van der Waals surface area contributed by atoms with Gasteiger partial charge in [-0.25, -0.2) is 0 Å². The zero-order valence-electron chi connectivity index (χ0n) is 7.30. The summed E-state index contributed by atoms with van der Waals surface area (Å²) in [6.45, 7) is 0. The Morgan fingerprint density at radius 1 is 1.33 bits per heavy atom. The van der Waals surface area contributed by atoms with Gasteiger partial charge in [-0.05, 0) is 63.4 Å². The highest BCUT2D eigenvalue weighted by atomic mass is 127. The third-order valence-corrected chi connectivity index (χ3v) is 4.31. The van der Waals surface area contributed by atoms with E-state index < -0.39 is 0 Å². The van der Waals surface area contributed by atoms with Crippen molar-refractivity contribution >= 4 is 66.9 Å². The summed E-state index contributed by atoms with van der Waals surface area (Å²) in [5.41, 5.74) is 6.64. The summed E-state index contributed by atoms with van der Waals surface area (Å²) in [5, 5.41) is 3.74. The molecule has 1 aromatic carbocycles. The fourth-order valence-electron chi connectivity index (χ4n) is 1.13. The van der Waals surface area contributed by atoms with Crippen LogP contribution in [0.4, 0.5) is 5.82 Å². The predicted molar refractivity (Wildman–Crippen MR) is 79.5 cm³/mol. The van der Waals surface area contributed by atoms with Gasteiger partial charge in [0.1, 0.15) is 3.57 Å². The second-order valence-electron chi connectivity index (χ2n) is 2.84. The average Bonchev–Trinajstić information content (AvgIpc) is 2.52. The van der Waals surface area contributed by atoms with Crippen LogP contribution >= 0.6 is 61.1 Å². The van der Waals surface area contributed by atoms with Crippen molar-refractivity contribution in [2.45, 2.75) is 0 Å². The molecule has 0 atom stereocenters. The fraction of sp³-hybridized carbons (Fsp3) is 0. The number of aromatic nitrogens is 1. The minimum atomic E-state index is 0.432. The van der Waals surface area contributed by atoms with Crippen molar-refractivity contribution in [2.75, 3.05) is 5.73 Å². The van der Waals surface area contributed by atoms with E-state index in [1.54, 1.807) is 0 Å². The zero-order chi connectivity index (χ0) is 11.0. The number of halogens is 3. The highest BCUT2D eigenvalue weighted by Crippen LogP contribution is 2.33. The number of rotatable bonds is 1. The molecule has 15 heavy (non-hydrogen) atoms. The molecule has 0 aliphatic carbocycles. The topological polar surface area (TPSA) is 52.0 Å². The molecule has 78 valence electrons. The summed E-state index contributed by atoms with van der Waals surface area (Å²) >= 11 is 7.81. The molecule has 0 unspecified atom stereocenters. The van der Waals surface area contributed by atoms with Crippen molar-refractivity contribution in [3.8, 4) is 11.3 Å². The van der Waals surface area contributed by atoms with Crippen LogP contribution in [0.1, 0.15) is 0 Å². The first-order chi connectivity index (χ1) is 7.09. The molecule has 0 aliphatic heterocycles. The molecule has 0 aliphatic rings. The van der Waals surface area contributed by atoms with Crippen molar-refractivity contribution in [1.82, 2.24) is 5.16 Å². The van der Waals surface area contributed by atoms with E-state index in [2.05, 4.69) is 66.3 Å². The molecule has 1 heterocycles. The molecule has 0 spiro atoms. The van der Waals surface area contributed by atoms with Gasteiger partial charge in [-0.15, -0.1) is 0 Å². The van der Waals surface area contributed by atoms with Crippen LogP contribution in [0.3, 0.4) is 0 Å². The second-order valence-corrected chi connectivity index (χ2v) is 5.99. The molecule has 0 saturated heterocycles. The van der Waals surface area contributed by atoms with Gasteiger partial charge in [-0.1, -0.05) is 21.1 Å². The summed E-state index contributed by atoms with van der Waals surface area (Å²) in [5.74, 6) is 1.15. The van der Waals surface area contributed by atoms with E-state index in [1.807, 2.05) is 18.2 Å². The van der Waals surface area contributed by atoms with E-state index in [0.29, 0.717) is 5.82 Å². The fourth-order valence-corrected chi connectivity index (χ4v) is 2.56. The second kappa shape index (κ2) is 4.58. The minimum Gasteiger partial charge on any atom is -0.380 e. The van der Waals surface area contributed by atoms with Gasteiger partial charge in [0.2, 0.25) is 0 Å². The van der Waals surface area contributed by atoms with Crippen molar-refractivity contribution in [3.63, 3.8) is 0 Å². The van der Waals surface area contributed by atoms with Crippen LogP contribution in [0.5, 0.6) is 0 Å². The standard InChI is InChI=1S/C9H5BrI2N2O/c10-4-1-2-6(11)5(3-4)8-7(12)9(13)14-15-8/h1-3H,(H2,13,14). The third-order valence-electron chi connectivity index (χ3n) is 1.83. The molecule has 0 radical (unpaired) electrons. The number of anilines is 1. The molecular weight excluding hydrogens is 486 g/mol. The van der Waals surface area contributed by atoms with Crippen LogP contribution < -0.4 is 5.73 Å². The van der Waals surface area contributed by atoms with Crippen LogP contribution in [0, 0.1) is 7.14 Å². The molecule has 2 rings (SSSR count). The number of nitrogen functional groups attached to an aromatic ring is 1. The van der Waals surface area contributed by atoms with Crippen LogP contribution in [-0.4, -0.2) is 5.16 Å². The first-order valence-corrected chi connectivity index (χ1v) is 6.90. The number of nitrogens with two attached hydrogens (primary N) is 1. The van der Waals surface area contributed by atoms with Crippen molar-refractivity contribution < 1.29 is 4.52 Å². The Morgan fingerprint density at radius 3 is 2.67 bits per heavy atom. The lowest BCUT2D eigenvalue weighted by Gasteiger charge is -2.01. The normalized spacial score (nSPS) is 10.6. The van der Waals surface area contributed by atoms with E-state index in [4.69, 9.17) is 10.3 Å². The van der Waals surface area contributed by atoms with Crippen LogP contribution in [0.2, 0.25) is 0 Å². The van der Waals surface area contributed by atoms with Crippen LogP contribution in [-0.2, 0) is 0 Å². The lowest BCUT2D eigenvalue weighted by molar-refractivity contribution is 0.435. The van der Waals surface area contributed by atoms with Crippen molar-refractivity contribution in [1.29, 1.82) is 0 Å². The maximum Gasteiger partial charge on any atom is 0.183 e. The van der Waals surface area contributed by atoms with Crippen molar-refractivity contribution in [3.05, 3.63) is 29.8 Å². The van der Waals surface area contributed by atoms with E-state index in [0.717, 1.165) is 22.9 Å². The molecule has 0 saturated carbocycles. The van der Waals surface area contributed by atoms with Gasteiger partial charge >= 0.3 is 0 Å². The molecule has 0 bridgehead atoms. The Labute approximate surface area is 122 Å². The minimum absolute atomic E-state index is 0.432. The lowest BCUT2D eigenvalue weighted by Crippen LogP contribution is -1.87. The molecule has 1 aromatic heterocycles. The van der Waals surface area contributed by atoms with Crippen LogP contribution in [0.25, 0.3) is 11.3 Å². The highest BCUT2D eigenvalue weighted by Gasteiger charge is 2.15. The summed E-state index contributed by atoms with van der Waals surface area (Å²) in [7, 11) is 0. The van der Waals surface area contributed by atoms with Gasteiger partial charge in [-0.3, -0.25) is 0 Å². The van der Waals surface area contributed by atoms with E-state index in [-0.39, 0.29) is 0 Å². The Balaban J connectivity index is 2.63. The summed E-state index contributed by atoms with van der Waals surface area (Å²) in [4.78, 5) is 0. The SMILES string of the molecule is Nc1noc(-c2cc(Br)ccc2I)c1I. The van der Waals surface area contributed by atoms with Gasteiger partial charge in [-0.2, -0.15) is 0 Å². The Morgan fingerprint density at radius 2 is 2.07 bits per heavy atom. The molecule has 6 heteroatoms. The predicted octanol–water partition coefficient (Wildman–Crippen LogP) is 3.90. The van der Waals surface area contributed by atoms with E-state index in [1.165, 1.54) is 0 Å². The largest absolute Gasteiger partial charge is 0.380 e. The summed E-state index contributed by atoms with van der Waals surface area (Å²) in [6, 6.07) is 5.98. The van der Waals surface area contributed by atoms with Crippen molar-refractivity contribution in [2.24, 2.45) is 0 Å². The highest BCUT2D eigenvalue weighted by molar-refractivity contribution is 14.1. The van der Waals surface area contributed by atoms with Gasteiger partial charge in [0.05, 0.1) is 0 Å². The number of hydrogen-bond acceptors (Lipinski definition) is 3. The van der Waals surface area contributed by atoms with Crippen LogP contribution in [0.15, 0.2) is 27.2 Å². The molecule has 3 nitrogen and oxygen atoms in total. The number of benzene rings is 1. The first-order valence-electron chi connectivity index (χ1n) is 3.95. The molecule has 0 amide bonds. The lowest BCUT2D eigenvalue weighted by atomic mass is 10.2. The summed E-state index contributed by atoms with van der Waals surface area (Å²) in [6.07, 6.45) is 0. The van der Waals surface area contributed by atoms with E-state index in [9.17, 15) is 0 Å². The zero-order valence-corrected chi connectivity index (χ0v) is 13.2. The molecule has 2 aromatic rings. The number of hydrogen-bond donors (Lipinski definition) is 1. The van der Waals surface area contributed by atoms with Gasteiger partial charge in [0, 0.05) is 13.6 Å². The van der Waals surface area contributed by atoms with Gasteiger partial charge in [0.25, 0.3) is 0 Å². The summed E-state index contributed by atoms with van der Waals surface area (Å²) < 4.78 is 8.16. The van der Waals surface area contributed by atoms with E-state index >= 15 is 0 Å². The van der Waals surface area contributed by atoms with Gasteiger partial charge < -0.3 is 10.3 Å². The maximum absolute atomic E-state index is 5.64. The van der Waals surface area contributed by atoms with Gasteiger partial charge in [0.15, 0.2) is 11.6 Å². The smallest absolute Gasteiger partial charge is 0.183 e. The quantitative estimate of drug-likeness (QED) is 0.617. The average molecular weight is 491 g/mol. The third kappa shape index (κ3) is 2.31. The maximum atomic E-state index is 5.64. The Kier molecular flexibility index (Phi) is 3.56. The molecular formula is C9H5BrI2N2O.